The van der Waals surface area contributed by atoms with E-state index in [2.05, 4.69) is 4.98 Å². The van der Waals surface area contributed by atoms with Gasteiger partial charge in [-0.1, -0.05) is 12.1 Å². The Kier molecular flexibility index (Phi) is 6.18. The van der Waals surface area contributed by atoms with E-state index in [4.69, 9.17) is 9.47 Å². The molecule has 29 heavy (non-hydrogen) atoms. The summed E-state index contributed by atoms with van der Waals surface area (Å²) in [5.74, 6) is -2.76. The number of para-hydroxylation sites is 2. The molecule has 0 saturated heterocycles. The number of hydrogen-bond donors (Lipinski definition) is 0. The van der Waals surface area contributed by atoms with Crippen molar-refractivity contribution in [1.29, 1.82) is 0 Å². The van der Waals surface area contributed by atoms with Gasteiger partial charge in [0.25, 0.3) is 0 Å². The van der Waals surface area contributed by atoms with Gasteiger partial charge in [-0.3, -0.25) is 9.69 Å². The predicted molar refractivity (Wildman–Crippen MR) is 103 cm³/mol. The molecule has 0 spiro atoms. The van der Waals surface area contributed by atoms with Gasteiger partial charge in [-0.05, 0) is 30.3 Å². The molecule has 3 aromatic rings. The summed E-state index contributed by atoms with van der Waals surface area (Å²) in [5.41, 5.74) is 0.822. The number of hydrogen-bond acceptors (Lipinski definition) is 6. The number of aromatic nitrogens is 1. The monoisotopic (exact) mass is 418 g/mol. The molecular weight excluding hydrogens is 402 g/mol. The summed E-state index contributed by atoms with van der Waals surface area (Å²) in [6, 6.07) is 9.76. The number of carbonyl (C=O) groups excluding carboxylic acids is 2. The van der Waals surface area contributed by atoms with Gasteiger partial charge in [0.2, 0.25) is 5.91 Å². The van der Waals surface area contributed by atoms with Crippen LogP contribution in [-0.2, 0) is 16.1 Å². The molecule has 0 atom stereocenters. The van der Waals surface area contributed by atoms with Gasteiger partial charge in [0.15, 0.2) is 16.8 Å². The Morgan fingerprint density at radius 3 is 2.59 bits per heavy atom. The number of rotatable bonds is 6. The Morgan fingerprint density at radius 2 is 1.90 bits per heavy atom. The van der Waals surface area contributed by atoms with Crippen LogP contribution in [0.5, 0.6) is 5.75 Å². The van der Waals surface area contributed by atoms with Crippen LogP contribution in [0.2, 0.25) is 0 Å². The second-order valence-electron chi connectivity index (χ2n) is 5.85. The van der Waals surface area contributed by atoms with Crippen molar-refractivity contribution in [1.82, 2.24) is 4.98 Å². The molecule has 0 aliphatic carbocycles. The van der Waals surface area contributed by atoms with E-state index in [-0.39, 0.29) is 18.1 Å². The van der Waals surface area contributed by atoms with E-state index in [0.717, 1.165) is 18.2 Å². The van der Waals surface area contributed by atoms with Crippen LogP contribution in [0, 0.1) is 11.6 Å². The molecule has 0 N–H and O–H groups in total. The normalized spacial score (nSPS) is 10.5. The fraction of sp³-hybridized carbons (Fsp3) is 0.150. The van der Waals surface area contributed by atoms with Crippen molar-refractivity contribution in [3.8, 4) is 5.75 Å². The van der Waals surface area contributed by atoms with Crippen molar-refractivity contribution in [2.24, 2.45) is 0 Å². The number of ether oxygens (including phenoxy) is 2. The van der Waals surface area contributed by atoms with Crippen LogP contribution >= 0.6 is 11.3 Å². The summed E-state index contributed by atoms with van der Waals surface area (Å²) in [7, 11) is 1.50. The first-order valence-electron chi connectivity index (χ1n) is 8.41. The van der Waals surface area contributed by atoms with Crippen molar-refractivity contribution >= 4 is 34.0 Å². The molecule has 0 aliphatic rings. The number of carbonyl (C=O) groups is 2. The second kappa shape index (κ2) is 8.78. The van der Waals surface area contributed by atoms with E-state index in [0.29, 0.717) is 22.3 Å². The predicted octanol–water partition coefficient (Wildman–Crippen LogP) is 4.47. The standard InChI is InChI=1S/C20H16F2N2O4S/c1-12(25)24(17-5-3-4-6-18(17)27-2)20-23-14(11-29-20)10-28-19(26)13-7-8-15(21)16(22)9-13/h3-9,11H,10H2,1-2H3. The molecule has 6 nitrogen and oxygen atoms in total. The lowest BCUT2D eigenvalue weighted by Gasteiger charge is -2.20. The molecule has 0 bridgehead atoms. The summed E-state index contributed by atoms with van der Waals surface area (Å²) in [6.07, 6.45) is 0. The van der Waals surface area contributed by atoms with Crippen LogP contribution in [0.4, 0.5) is 19.6 Å². The van der Waals surface area contributed by atoms with Crippen molar-refractivity contribution in [3.05, 3.63) is 70.7 Å². The molecule has 150 valence electrons. The molecule has 0 aliphatic heterocycles. The molecule has 3 rings (SSSR count). The number of thiazole rings is 1. The van der Waals surface area contributed by atoms with Gasteiger partial charge >= 0.3 is 5.97 Å². The van der Waals surface area contributed by atoms with Gasteiger partial charge in [-0.25, -0.2) is 18.6 Å². The molecule has 1 amide bonds. The van der Waals surface area contributed by atoms with E-state index in [1.807, 2.05) is 0 Å². The van der Waals surface area contributed by atoms with E-state index in [9.17, 15) is 18.4 Å². The number of halogens is 2. The van der Waals surface area contributed by atoms with Gasteiger partial charge in [0, 0.05) is 12.3 Å². The third-order valence-electron chi connectivity index (χ3n) is 3.88. The molecule has 1 aromatic heterocycles. The minimum Gasteiger partial charge on any atom is -0.495 e. The topological polar surface area (TPSA) is 68.7 Å². The maximum atomic E-state index is 13.3. The number of anilines is 2. The molecule has 1 heterocycles. The Balaban J connectivity index is 1.76. The zero-order valence-corrected chi connectivity index (χ0v) is 16.3. The summed E-state index contributed by atoms with van der Waals surface area (Å²) < 4.78 is 36.6. The van der Waals surface area contributed by atoms with Crippen LogP contribution in [0.1, 0.15) is 23.0 Å². The highest BCUT2D eigenvalue weighted by Gasteiger charge is 2.21. The molecule has 0 unspecified atom stereocenters. The minimum atomic E-state index is -1.13. The summed E-state index contributed by atoms with van der Waals surface area (Å²) in [5, 5.41) is 2.01. The average molecular weight is 418 g/mol. The molecule has 0 radical (unpaired) electrons. The smallest absolute Gasteiger partial charge is 0.338 e. The number of methoxy groups -OCH3 is 1. The lowest BCUT2D eigenvalue weighted by Crippen LogP contribution is -2.23. The summed E-state index contributed by atoms with van der Waals surface area (Å²) >= 11 is 1.19. The minimum absolute atomic E-state index is 0.112. The molecule has 0 fully saturated rings. The van der Waals surface area contributed by atoms with Crippen molar-refractivity contribution < 1.29 is 27.8 Å². The zero-order valence-electron chi connectivity index (χ0n) is 15.5. The fourth-order valence-corrected chi connectivity index (χ4v) is 3.40. The van der Waals surface area contributed by atoms with Crippen molar-refractivity contribution in [2.45, 2.75) is 13.5 Å². The van der Waals surface area contributed by atoms with Crippen molar-refractivity contribution in [2.75, 3.05) is 12.0 Å². The van der Waals surface area contributed by atoms with Crippen LogP contribution in [-0.4, -0.2) is 24.0 Å². The van der Waals surface area contributed by atoms with E-state index < -0.39 is 17.6 Å². The fourth-order valence-electron chi connectivity index (χ4n) is 2.53. The first kappa shape index (κ1) is 20.4. The average Bonchev–Trinajstić information content (AvgIpc) is 3.17. The zero-order chi connectivity index (χ0) is 21.0. The van der Waals surface area contributed by atoms with Gasteiger partial charge < -0.3 is 9.47 Å². The van der Waals surface area contributed by atoms with Gasteiger partial charge in [0.05, 0.1) is 24.1 Å². The highest BCUT2D eigenvalue weighted by atomic mass is 32.1. The molecule has 9 heteroatoms. The van der Waals surface area contributed by atoms with E-state index >= 15 is 0 Å². The van der Waals surface area contributed by atoms with Gasteiger partial charge in [-0.15, -0.1) is 11.3 Å². The third kappa shape index (κ3) is 4.57. The van der Waals surface area contributed by atoms with Crippen LogP contribution in [0.15, 0.2) is 47.8 Å². The molecule has 2 aromatic carbocycles. The lowest BCUT2D eigenvalue weighted by molar-refractivity contribution is -0.115. The number of amides is 1. The van der Waals surface area contributed by atoms with Gasteiger partial charge in [-0.2, -0.15) is 0 Å². The van der Waals surface area contributed by atoms with Crippen LogP contribution in [0.25, 0.3) is 0 Å². The maximum absolute atomic E-state index is 13.3. The van der Waals surface area contributed by atoms with E-state index in [1.165, 1.54) is 30.3 Å². The summed E-state index contributed by atoms with van der Waals surface area (Å²) in [6.45, 7) is 1.21. The largest absolute Gasteiger partial charge is 0.495 e. The number of benzene rings is 2. The SMILES string of the molecule is COc1ccccc1N(C(C)=O)c1nc(COC(=O)c2ccc(F)c(F)c2)cs1. The van der Waals surface area contributed by atoms with E-state index in [1.54, 1.807) is 29.6 Å². The maximum Gasteiger partial charge on any atom is 0.338 e. The highest BCUT2D eigenvalue weighted by molar-refractivity contribution is 7.14. The van der Waals surface area contributed by atoms with Gasteiger partial charge in [0.1, 0.15) is 12.4 Å². The Morgan fingerprint density at radius 1 is 1.14 bits per heavy atom. The van der Waals surface area contributed by atoms with Crippen LogP contribution < -0.4 is 9.64 Å². The highest BCUT2D eigenvalue weighted by Crippen LogP contribution is 2.35. The quantitative estimate of drug-likeness (QED) is 0.553. The first-order chi connectivity index (χ1) is 13.9. The summed E-state index contributed by atoms with van der Waals surface area (Å²) in [4.78, 5) is 30.0. The van der Waals surface area contributed by atoms with Crippen LogP contribution in [0.3, 0.4) is 0 Å². The number of nitrogens with zero attached hydrogens (tertiary/aromatic N) is 2. The molecule has 0 saturated carbocycles. The molecular formula is C20H16F2N2O4S. The van der Waals surface area contributed by atoms with Crippen molar-refractivity contribution in [3.63, 3.8) is 0 Å². The Bertz CT molecular complexity index is 1050. The Hall–Kier alpha value is -3.33. The first-order valence-corrected chi connectivity index (χ1v) is 9.29. The Labute approximate surface area is 169 Å². The lowest BCUT2D eigenvalue weighted by atomic mass is 10.2. The number of esters is 1. The third-order valence-corrected chi connectivity index (χ3v) is 4.75. The second-order valence-corrected chi connectivity index (χ2v) is 6.69.